The molecule has 98 valence electrons. The zero-order valence-corrected chi connectivity index (χ0v) is 10.8. The molecular formula is C12H22N2O3. The van der Waals surface area contributed by atoms with Gasteiger partial charge in [-0.25, -0.2) is 9.59 Å². The van der Waals surface area contributed by atoms with Gasteiger partial charge in [0.1, 0.15) is 6.04 Å². The van der Waals surface area contributed by atoms with E-state index >= 15 is 0 Å². The molecule has 1 aliphatic carbocycles. The standard InChI is InChI=1S/C12H22N2O3/c1-8-6-4-5-7-10(8)14-12(16)13-9(2)11(15)17-3/h8-10H,4-7H2,1-3H3,(H2,13,14,16)/t8-,9-,10+/m0/s1. The van der Waals surface area contributed by atoms with E-state index in [1.807, 2.05) is 0 Å². The van der Waals surface area contributed by atoms with Gasteiger partial charge in [0, 0.05) is 6.04 Å². The third-order valence-electron chi connectivity index (χ3n) is 3.33. The molecule has 0 unspecified atom stereocenters. The molecule has 5 heteroatoms. The number of nitrogens with one attached hydrogen (secondary N) is 2. The van der Waals surface area contributed by atoms with E-state index in [1.165, 1.54) is 13.5 Å². The average Bonchev–Trinajstić information content (AvgIpc) is 2.31. The second kappa shape index (κ2) is 6.47. The highest BCUT2D eigenvalue weighted by Gasteiger charge is 2.24. The van der Waals surface area contributed by atoms with Crippen LogP contribution >= 0.6 is 0 Å². The van der Waals surface area contributed by atoms with E-state index in [1.54, 1.807) is 6.92 Å². The number of carbonyl (C=O) groups excluding carboxylic acids is 2. The Hall–Kier alpha value is -1.26. The SMILES string of the molecule is COC(=O)[C@H](C)NC(=O)N[C@@H]1CCCC[C@@H]1C. The summed E-state index contributed by atoms with van der Waals surface area (Å²) in [4.78, 5) is 22.8. The molecule has 1 aliphatic rings. The molecule has 0 aromatic carbocycles. The van der Waals surface area contributed by atoms with Gasteiger partial charge in [0.2, 0.25) is 0 Å². The van der Waals surface area contributed by atoms with Crippen LogP contribution in [-0.2, 0) is 9.53 Å². The summed E-state index contributed by atoms with van der Waals surface area (Å²) >= 11 is 0. The van der Waals surface area contributed by atoms with Gasteiger partial charge in [0.25, 0.3) is 0 Å². The maximum Gasteiger partial charge on any atom is 0.328 e. The van der Waals surface area contributed by atoms with E-state index < -0.39 is 12.0 Å². The molecule has 0 spiro atoms. The summed E-state index contributed by atoms with van der Waals surface area (Å²) in [5, 5.41) is 5.49. The van der Waals surface area contributed by atoms with E-state index in [0.717, 1.165) is 19.3 Å². The minimum absolute atomic E-state index is 0.216. The highest BCUT2D eigenvalue weighted by Crippen LogP contribution is 2.23. The van der Waals surface area contributed by atoms with Crippen molar-refractivity contribution in [1.29, 1.82) is 0 Å². The van der Waals surface area contributed by atoms with Crippen LogP contribution in [0.3, 0.4) is 0 Å². The van der Waals surface area contributed by atoms with Gasteiger partial charge in [0.15, 0.2) is 0 Å². The fourth-order valence-electron chi connectivity index (χ4n) is 2.17. The van der Waals surface area contributed by atoms with Crippen molar-refractivity contribution >= 4 is 12.0 Å². The zero-order chi connectivity index (χ0) is 12.8. The molecule has 0 heterocycles. The number of methoxy groups -OCH3 is 1. The second-order valence-electron chi connectivity index (χ2n) is 4.73. The first-order valence-electron chi connectivity index (χ1n) is 6.19. The lowest BCUT2D eigenvalue weighted by Crippen LogP contribution is -2.50. The number of hydrogen-bond acceptors (Lipinski definition) is 3. The van der Waals surface area contributed by atoms with Crippen LogP contribution in [0.15, 0.2) is 0 Å². The van der Waals surface area contributed by atoms with Crippen LogP contribution in [0.1, 0.15) is 39.5 Å². The van der Waals surface area contributed by atoms with Gasteiger partial charge in [0.05, 0.1) is 7.11 Å². The fraction of sp³-hybridized carbons (Fsp3) is 0.833. The maximum atomic E-state index is 11.7. The summed E-state index contributed by atoms with van der Waals surface area (Å²) in [6, 6.07) is -0.686. The third-order valence-corrected chi connectivity index (χ3v) is 3.33. The first-order valence-corrected chi connectivity index (χ1v) is 6.19. The third kappa shape index (κ3) is 4.24. The molecule has 1 fully saturated rings. The molecular weight excluding hydrogens is 220 g/mol. The average molecular weight is 242 g/mol. The normalized spacial score (nSPS) is 25.8. The Kier molecular flexibility index (Phi) is 5.25. The zero-order valence-electron chi connectivity index (χ0n) is 10.8. The largest absolute Gasteiger partial charge is 0.467 e. The van der Waals surface area contributed by atoms with Crippen molar-refractivity contribution in [3.8, 4) is 0 Å². The van der Waals surface area contributed by atoms with Gasteiger partial charge in [-0.1, -0.05) is 19.8 Å². The Balaban J connectivity index is 2.35. The van der Waals surface area contributed by atoms with Gasteiger partial charge in [-0.05, 0) is 25.7 Å². The number of carbonyl (C=O) groups is 2. The number of hydrogen-bond donors (Lipinski definition) is 2. The number of urea groups is 1. The molecule has 2 amide bonds. The molecule has 0 saturated heterocycles. The minimum atomic E-state index is -0.612. The number of ether oxygens (including phenoxy) is 1. The van der Waals surface area contributed by atoms with Crippen molar-refractivity contribution in [3.05, 3.63) is 0 Å². The van der Waals surface area contributed by atoms with Crippen LogP contribution < -0.4 is 10.6 Å². The lowest BCUT2D eigenvalue weighted by Gasteiger charge is -2.29. The van der Waals surface area contributed by atoms with Crippen molar-refractivity contribution in [3.63, 3.8) is 0 Å². The molecule has 1 saturated carbocycles. The van der Waals surface area contributed by atoms with Crippen LogP contribution in [0, 0.1) is 5.92 Å². The Labute approximate surface area is 102 Å². The topological polar surface area (TPSA) is 67.4 Å². The van der Waals surface area contributed by atoms with Gasteiger partial charge in [-0.2, -0.15) is 0 Å². The number of rotatable bonds is 3. The summed E-state index contributed by atoms with van der Waals surface area (Å²) < 4.78 is 4.54. The van der Waals surface area contributed by atoms with E-state index in [-0.39, 0.29) is 12.1 Å². The van der Waals surface area contributed by atoms with E-state index in [2.05, 4.69) is 22.3 Å². The van der Waals surface area contributed by atoms with Gasteiger partial charge >= 0.3 is 12.0 Å². The molecule has 5 nitrogen and oxygen atoms in total. The van der Waals surface area contributed by atoms with Crippen molar-refractivity contribution in [2.24, 2.45) is 5.92 Å². The first kappa shape index (κ1) is 13.8. The van der Waals surface area contributed by atoms with Crippen LogP contribution in [0.5, 0.6) is 0 Å². The Morgan fingerprint density at radius 2 is 1.94 bits per heavy atom. The number of amides is 2. The number of esters is 1. The van der Waals surface area contributed by atoms with Gasteiger partial charge in [-0.15, -0.1) is 0 Å². The van der Waals surface area contributed by atoms with Crippen molar-refractivity contribution in [2.75, 3.05) is 7.11 Å². The minimum Gasteiger partial charge on any atom is -0.467 e. The quantitative estimate of drug-likeness (QED) is 0.736. The highest BCUT2D eigenvalue weighted by atomic mass is 16.5. The summed E-state index contributed by atoms with van der Waals surface area (Å²) in [6.45, 7) is 3.75. The Bertz CT molecular complexity index is 281. The Morgan fingerprint density at radius 3 is 2.53 bits per heavy atom. The summed E-state index contributed by atoms with van der Waals surface area (Å²) in [7, 11) is 1.31. The summed E-state index contributed by atoms with van der Waals surface area (Å²) in [5.41, 5.74) is 0. The molecule has 0 radical (unpaired) electrons. The van der Waals surface area contributed by atoms with Crippen LogP contribution in [0.25, 0.3) is 0 Å². The molecule has 0 bridgehead atoms. The lowest BCUT2D eigenvalue weighted by molar-refractivity contribution is -0.142. The molecule has 0 aromatic heterocycles. The van der Waals surface area contributed by atoms with E-state index in [0.29, 0.717) is 5.92 Å². The molecule has 0 aliphatic heterocycles. The summed E-state index contributed by atoms with van der Waals surface area (Å²) in [6.07, 6.45) is 4.56. The predicted octanol–water partition coefficient (Wildman–Crippen LogP) is 1.43. The predicted molar refractivity (Wildman–Crippen MR) is 64.6 cm³/mol. The molecule has 17 heavy (non-hydrogen) atoms. The highest BCUT2D eigenvalue weighted by molar-refractivity contribution is 5.83. The fourth-order valence-corrected chi connectivity index (χ4v) is 2.17. The van der Waals surface area contributed by atoms with Gasteiger partial charge in [-0.3, -0.25) is 0 Å². The van der Waals surface area contributed by atoms with Gasteiger partial charge < -0.3 is 15.4 Å². The van der Waals surface area contributed by atoms with E-state index in [4.69, 9.17) is 0 Å². The van der Waals surface area contributed by atoms with Crippen LogP contribution in [0.2, 0.25) is 0 Å². The monoisotopic (exact) mass is 242 g/mol. The lowest BCUT2D eigenvalue weighted by atomic mass is 9.86. The van der Waals surface area contributed by atoms with Crippen molar-refractivity contribution in [1.82, 2.24) is 10.6 Å². The van der Waals surface area contributed by atoms with E-state index in [9.17, 15) is 9.59 Å². The molecule has 3 atom stereocenters. The second-order valence-corrected chi connectivity index (χ2v) is 4.73. The molecule has 0 aromatic rings. The molecule has 1 rings (SSSR count). The smallest absolute Gasteiger partial charge is 0.328 e. The van der Waals surface area contributed by atoms with Crippen LogP contribution in [0.4, 0.5) is 4.79 Å². The van der Waals surface area contributed by atoms with Crippen LogP contribution in [-0.4, -0.2) is 31.2 Å². The first-order chi connectivity index (χ1) is 8.04. The summed E-state index contributed by atoms with van der Waals surface area (Å²) in [5.74, 6) is 0.0692. The Morgan fingerprint density at radius 1 is 1.29 bits per heavy atom. The maximum absolute atomic E-state index is 11.7. The molecule has 2 N–H and O–H groups in total. The van der Waals surface area contributed by atoms with Crippen molar-refractivity contribution in [2.45, 2.75) is 51.6 Å². The van der Waals surface area contributed by atoms with Crippen molar-refractivity contribution < 1.29 is 14.3 Å².